The summed E-state index contributed by atoms with van der Waals surface area (Å²) >= 11 is 0. The van der Waals surface area contributed by atoms with Crippen LogP contribution in [0.1, 0.15) is 50.5 Å². The van der Waals surface area contributed by atoms with Crippen LogP contribution in [0.2, 0.25) is 0 Å². The lowest BCUT2D eigenvalue weighted by Crippen LogP contribution is -2.41. The number of Topliss-reactive ketones (excluding diaryl/α,β-unsaturated/α-hetero) is 1. The Bertz CT molecular complexity index is 589. The molecule has 1 aliphatic rings. The van der Waals surface area contributed by atoms with Crippen LogP contribution in [0.15, 0.2) is 12.3 Å². The van der Waals surface area contributed by atoms with E-state index in [9.17, 15) is 4.79 Å². The first kappa shape index (κ1) is 14.7. The van der Waals surface area contributed by atoms with Crippen molar-refractivity contribution in [2.45, 2.75) is 45.8 Å². The van der Waals surface area contributed by atoms with Gasteiger partial charge in [-0.25, -0.2) is 0 Å². The number of aromatic nitrogens is 1. The van der Waals surface area contributed by atoms with E-state index >= 15 is 0 Å². The zero-order chi connectivity index (χ0) is 15.1. The van der Waals surface area contributed by atoms with Gasteiger partial charge in [-0.1, -0.05) is 0 Å². The van der Waals surface area contributed by atoms with Crippen LogP contribution in [0.5, 0.6) is 0 Å². The van der Waals surface area contributed by atoms with Gasteiger partial charge in [-0.3, -0.25) is 9.78 Å². The Morgan fingerprint density at radius 3 is 2.30 bits per heavy atom. The molecule has 0 atom stereocenters. The Morgan fingerprint density at radius 1 is 1.30 bits per heavy atom. The zero-order valence-electron chi connectivity index (χ0n) is 12.4. The summed E-state index contributed by atoms with van der Waals surface area (Å²) in [6.07, 6.45) is 1.39. The lowest BCUT2D eigenvalue weighted by atomic mass is 9.82. The van der Waals surface area contributed by atoms with Gasteiger partial charge in [0, 0.05) is 11.8 Å². The van der Waals surface area contributed by atoms with Crippen molar-refractivity contribution >= 4 is 18.5 Å². The van der Waals surface area contributed by atoms with E-state index in [0.29, 0.717) is 11.2 Å². The van der Waals surface area contributed by atoms with E-state index in [1.165, 1.54) is 13.1 Å². The number of carbonyl (C=O) groups excluding carboxylic acids is 1. The molecule has 0 aliphatic carbocycles. The third kappa shape index (κ3) is 2.35. The van der Waals surface area contributed by atoms with Crippen molar-refractivity contribution in [3.8, 4) is 6.07 Å². The second-order valence-electron chi connectivity index (χ2n) is 5.91. The van der Waals surface area contributed by atoms with Gasteiger partial charge < -0.3 is 9.31 Å². The van der Waals surface area contributed by atoms with Crippen molar-refractivity contribution in [2.75, 3.05) is 0 Å². The molecule has 1 fully saturated rings. The summed E-state index contributed by atoms with van der Waals surface area (Å²) in [6, 6.07) is 3.53. The Labute approximate surface area is 119 Å². The van der Waals surface area contributed by atoms with E-state index in [4.69, 9.17) is 14.6 Å². The molecule has 0 bridgehead atoms. The predicted molar refractivity (Wildman–Crippen MR) is 74.7 cm³/mol. The molecular formula is C14H17BN2O3. The maximum Gasteiger partial charge on any atom is 0.514 e. The Balaban J connectivity index is 2.39. The fraction of sp³-hybridized carbons (Fsp3) is 0.500. The van der Waals surface area contributed by atoms with Crippen LogP contribution in [0.4, 0.5) is 0 Å². The van der Waals surface area contributed by atoms with E-state index in [1.807, 2.05) is 33.8 Å². The zero-order valence-corrected chi connectivity index (χ0v) is 12.4. The number of hydrogen-bond acceptors (Lipinski definition) is 5. The van der Waals surface area contributed by atoms with Crippen molar-refractivity contribution in [2.24, 2.45) is 0 Å². The summed E-state index contributed by atoms with van der Waals surface area (Å²) < 4.78 is 11.8. The van der Waals surface area contributed by atoms with Crippen LogP contribution in [-0.4, -0.2) is 29.1 Å². The van der Waals surface area contributed by atoms with Crippen LogP contribution in [0.25, 0.3) is 0 Å². The predicted octanol–water partition coefficient (Wildman–Crippen LogP) is 1.46. The number of ketones is 1. The molecule has 0 saturated carbocycles. The first-order valence-electron chi connectivity index (χ1n) is 6.44. The van der Waals surface area contributed by atoms with Crippen molar-refractivity contribution in [1.82, 2.24) is 4.98 Å². The fourth-order valence-corrected chi connectivity index (χ4v) is 1.94. The molecule has 0 spiro atoms. The summed E-state index contributed by atoms with van der Waals surface area (Å²) in [6.45, 7) is 9.21. The van der Waals surface area contributed by atoms with E-state index in [0.717, 1.165) is 0 Å². The second-order valence-corrected chi connectivity index (χ2v) is 5.91. The number of rotatable bonds is 2. The minimum absolute atomic E-state index is 0.179. The topological polar surface area (TPSA) is 72.2 Å². The van der Waals surface area contributed by atoms with Gasteiger partial charge in [0.2, 0.25) is 0 Å². The van der Waals surface area contributed by atoms with Crippen molar-refractivity contribution < 1.29 is 14.1 Å². The minimum atomic E-state index is -0.633. The molecule has 6 heteroatoms. The van der Waals surface area contributed by atoms with Crippen LogP contribution in [0.3, 0.4) is 0 Å². The third-order valence-corrected chi connectivity index (χ3v) is 3.92. The molecule has 20 heavy (non-hydrogen) atoms. The highest BCUT2D eigenvalue weighted by Gasteiger charge is 2.52. The largest absolute Gasteiger partial charge is 0.514 e. The number of carbonyl (C=O) groups is 1. The standard InChI is InChI=1S/C14H17BN2O3/c1-9(18)11-6-12(17-8-10(11)7-16)15-19-13(2,3)14(4,5)20-15/h6,8H,1-5H3. The van der Waals surface area contributed by atoms with Crippen LogP contribution < -0.4 is 5.59 Å². The Kier molecular flexibility index (Phi) is 3.45. The summed E-state index contributed by atoms with van der Waals surface area (Å²) in [4.78, 5) is 15.8. The fourth-order valence-electron chi connectivity index (χ4n) is 1.94. The molecule has 0 amide bonds. The van der Waals surface area contributed by atoms with Crippen LogP contribution in [-0.2, 0) is 9.31 Å². The van der Waals surface area contributed by atoms with Gasteiger partial charge in [-0.05, 0) is 40.7 Å². The first-order valence-corrected chi connectivity index (χ1v) is 6.44. The van der Waals surface area contributed by atoms with Gasteiger partial charge in [0.1, 0.15) is 6.07 Å². The quantitative estimate of drug-likeness (QED) is 0.602. The van der Waals surface area contributed by atoms with Gasteiger partial charge in [0.15, 0.2) is 5.78 Å². The third-order valence-electron chi connectivity index (χ3n) is 3.92. The highest BCUT2D eigenvalue weighted by molar-refractivity contribution is 6.61. The van der Waals surface area contributed by atoms with E-state index in [2.05, 4.69) is 4.98 Å². The smallest absolute Gasteiger partial charge is 0.398 e. The van der Waals surface area contributed by atoms with Crippen LogP contribution >= 0.6 is 0 Å². The molecule has 5 nitrogen and oxygen atoms in total. The van der Waals surface area contributed by atoms with Crippen molar-refractivity contribution in [1.29, 1.82) is 5.26 Å². The van der Waals surface area contributed by atoms with Crippen molar-refractivity contribution in [3.63, 3.8) is 0 Å². The highest BCUT2D eigenvalue weighted by atomic mass is 16.7. The normalized spacial score (nSPS) is 19.7. The molecule has 0 radical (unpaired) electrons. The molecule has 1 aromatic rings. The maximum absolute atomic E-state index is 11.6. The molecule has 1 aliphatic heterocycles. The van der Waals surface area contributed by atoms with E-state index < -0.39 is 18.3 Å². The summed E-state index contributed by atoms with van der Waals surface area (Å²) in [5.74, 6) is -0.179. The lowest BCUT2D eigenvalue weighted by molar-refractivity contribution is 0.00578. The Hall–Kier alpha value is -1.71. The van der Waals surface area contributed by atoms with Gasteiger partial charge in [0.05, 0.1) is 22.4 Å². The molecule has 0 N–H and O–H groups in total. The van der Waals surface area contributed by atoms with E-state index in [1.54, 1.807) is 6.07 Å². The van der Waals surface area contributed by atoms with E-state index in [-0.39, 0.29) is 11.3 Å². The SMILES string of the molecule is CC(=O)c1cc(B2OC(C)(C)C(C)(C)O2)ncc1C#N. The van der Waals surface area contributed by atoms with Gasteiger partial charge >= 0.3 is 7.12 Å². The molecule has 0 unspecified atom stereocenters. The number of hydrogen-bond donors (Lipinski definition) is 0. The van der Waals surface area contributed by atoms with Crippen molar-refractivity contribution in [3.05, 3.63) is 23.4 Å². The first-order chi connectivity index (χ1) is 9.18. The summed E-state index contributed by atoms with van der Waals surface area (Å²) in [5, 5.41) is 8.98. The molecule has 1 saturated heterocycles. The average Bonchev–Trinajstić information content (AvgIpc) is 2.57. The monoisotopic (exact) mass is 272 g/mol. The molecule has 1 aromatic heterocycles. The summed E-state index contributed by atoms with van der Waals surface area (Å²) in [5.41, 5.74) is 0.172. The molecular weight excluding hydrogens is 255 g/mol. The number of nitriles is 1. The van der Waals surface area contributed by atoms with Crippen LogP contribution in [0, 0.1) is 11.3 Å². The van der Waals surface area contributed by atoms with Gasteiger partial charge in [-0.2, -0.15) is 5.26 Å². The molecule has 2 heterocycles. The average molecular weight is 272 g/mol. The maximum atomic E-state index is 11.6. The second kappa shape index (κ2) is 4.69. The Morgan fingerprint density at radius 2 is 1.85 bits per heavy atom. The minimum Gasteiger partial charge on any atom is -0.398 e. The molecule has 2 rings (SSSR count). The number of nitrogens with zero attached hydrogens (tertiary/aromatic N) is 2. The van der Waals surface area contributed by atoms with Gasteiger partial charge in [0.25, 0.3) is 0 Å². The lowest BCUT2D eigenvalue weighted by Gasteiger charge is -2.32. The number of pyridine rings is 1. The summed E-state index contributed by atoms with van der Waals surface area (Å²) in [7, 11) is -0.633. The molecule has 104 valence electrons. The van der Waals surface area contributed by atoms with Gasteiger partial charge in [-0.15, -0.1) is 0 Å². The highest BCUT2D eigenvalue weighted by Crippen LogP contribution is 2.36. The molecule has 0 aromatic carbocycles.